The van der Waals surface area contributed by atoms with Gasteiger partial charge in [0.05, 0.1) is 0 Å². The number of pyridine rings is 1. The van der Waals surface area contributed by atoms with Crippen molar-refractivity contribution < 1.29 is 4.79 Å². The Morgan fingerprint density at radius 1 is 1.41 bits per heavy atom. The van der Waals surface area contributed by atoms with Crippen LogP contribution in [0.5, 0.6) is 0 Å². The Kier molecular flexibility index (Phi) is 4.49. The van der Waals surface area contributed by atoms with Gasteiger partial charge in [-0.2, -0.15) is 0 Å². The lowest BCUT2D eigenvalue weighted by Gasteiger charge is -2.26. The third-order valence-corrected chi connectivity index (χ3v) is 3.03. The fraction of sp³-hybridized carbons (Fsp3) is 0.538. The van der Waals surface area contributed by atoms with Crippen molar-refractivity contribution in [2.24, 2.45) is 0 Å². The molecule has 0 aromatic carbocycles. The molecule has 4 nitrogen and oxygen atoms in total. The van der Waals surface area contributed by atoms with E-state index in [2.05, 4.69) is 18.8 Å². The first-order valence-electron chi connectivity index (χ1n) is 6.00. The van der Waals surface area contributed by atoms with Gasteiger partial charge < -0.3 is 10.6 Å². The van der Waals surface area contributed by atoms with Crippen molar-refractivity contribution in [3.05, 3.63) is 23.4 Å². The van der Waals surface area contributed by atoms with Gasteiger partial charge in [0.1, 0.15) is 5.82 Å². The molecule has 0 bridgehead atoms. The number of aromatic nitrogens is 1. The van der Waals surface area contributed by atoms with Gasteiger partial charge in [0, 0.05) is 24.3 Å². The molecule has 0 aliphatic carbocycles. The molecular weight excluding hydrogens is 214 g/mol. The number of anilines is 1. The Morgan fingerprint density at radius 3 is 2.47 bits per heavy atom. The average Bonchev–Trinajstić information content (AvgIpc) is 2.28. The molecule has 0 aliphatic heterocycles. The lowest BCUT2D eigenvalue weighted by atomic mass is 10.1. The van der Waals surface area contributed by atoms with E-state index in [1.54, 1.807) is 17.0 Å². The topological polar surface area (TPSA) is 59.2 Å². The number of carbonyl (C=O) groups excluding carboxylic acids is 1. The highest BCUT2D eigenvalue weighted by Crippen LogP contribution is 2.14. The zero-order valence-corrected chi connectivity index (χ0v) is 11.0. The lowest BCUT2D eigenvalue weighted by molar-refractivity contribution is 0.0723. The summed E-state index contributed by atoms with van der Waals surface area (Å²) in [7, 11) is 1.84. The summed E-state index contributed by atoms with van der Waals surface area (Å²) >= 11 is 0. The number of rotatable bonds is 4. The third kappa shape index (κ3) is 3.19. The first kappa shape index (κ1) is 13.5. The van der Waals surface area contributed by atoms with E-state index in [0.717, 1.165) is 18.5 Å². The highest BCUT2D eigenvalue weighted by molar-refractivity contribution is 5.95. The number of nitrogens with two attached hydrogens (primary N) is 1. The van der Waals surface area contributed by atoms with Gasteiger partial charge >= 0.3 is 0 Å². The van der Waals surface area contributed by atoms with Gasteiger partial charge in [-0.15, -0.1) is 0 Å². The highest BCUT2D eigenvalue weighted by Gasteiger charge is 2.18. The van der Waals surface area contributed by atoms with Crippen molar-refractivity contribution in [2.45, 2.75) is 39.7 Å². The minimum Gasteiger partial charge on any atom is -0.384 e. The van der Waals surface area contributed by atoms with Crippen molar-refractivity contribution in [3.8, 4) is 0 Å². The maximum Gasteiger partial charge on any atom is 0.254 e. The summed E-state index contributed by atoms with van der Waals surface area (Å²) in [6.07, 6.45) is 1.91. The number of hydrogen-bond acceptors (Lipinski definition) is 3. The molecular formula is C13H21N3O. The van der Waals surface area contributed by atoms with Crippen molar-refractivity contribution in [2.75, 3.05) is 12.8 Å². The van der Waals surface area contributed by atoms with Crippen LogP contribution in [0.15, 0.2) is 12.1 Å². The molecule has 0 atom stereocenters. The van der Waals surface area contributed by atoms with E-state index in [0.29, 0.717) is 11.4 Å². The molecule has 1 aromatic rings. The van der Waals surface area contributed by atoms with E-state index in [4.69, 9.17) is 5.73 Å². The zero-order valence-electron chi connectivity index (χ0n) is 11.0. The Bertz CT molecular complexity index is 379. The maximum absolute atomic E-state index is 12.3. The summed E-state index contributed by atoms with van der Waals surface area (Å²) in [5.41, 5.74) is 7.04. The Hall–Kier alpha value is -1.58. The van der Waals surface area contributed by atoms with E-state index < -0.39 is 0 Å². The van der Waals surface area contributed by atoms with Crippen LogP contribution in [-0.4, -0.2) is 28.9 Å². The summed E-state index contributed by atoms with van der Waals surface area (Å²) < 4.78 is 0. The number of nitrogen functional groups attached to an aromatic ring is 1. The number of carbonyl (C=O) groups is 1. The molecule has 17 heavy (non-hydrogen) atoms. The largest absolute Gasteiger partial charge is 0.384 e. The molecule has 0 spiro atoms. The van der Waals surface area contributed by atoms with Gasteiger partial charge in [0.15, 0.2) is 0 Å². The SMILES string of the molecule is CCC(CC)N(C)C(=O)c1cc(C)nc(N)c1. The van der Waals surface area contributed by atoms with Crippen LogP contribution in [0, 0.1) is 6.92 Å². The molecule has 1 rings (SSSR count). The normalized spacial score (nSPS) is 10.6. The molecule has 4 heteroatoms. The molecule has 0 saturated carbocycles. The average molecular weight is 235 g/mol. The first-order chi connectivity index (χ1) is 7.99. The zero-order chi connectivity index (χ0) is 13.0. The van der Waals surface area contributed by atoms with Gasteiger partial charge in [-0.05, 0) is 31.9 Å². The standard InChI is InChI=1S/C13H21N3O/c1-5-11(6-2)16(4)13(17)10-7-9(3)15-12(14)8-10/h7-8,11H,5-6H2,1-4H3,(H2,14,15). The molecule has 2 N–H and O–H groups in total. The van der Waals surface area contributed by atoms with E-state index in [1.807, 2.05) is 14.0 Å². The monoisotopic (exact) mass is 235 g/mol. The van der Waals surface area contributed by atoms with Crippen molar-refractivity contribution in [1.82, 2.24) is 9.88 Å². The van der Waals surface area contributed by atoms with Gasteiger partial charge in [-0.3, -0.25) is 4.79 Å². The van der Waals surface area contributed by atoms with Crippen LogP contribution in [0.3, 0.4) is 0 Å². The van der Waals surface area contributed by atoms with Crippen molar-refractivity contribution >= 4 is 11.7 Å². The Balaban J connectivity index is 2.95. The molecule has 1 heterocycles. The predicted molar refractivity (Wildman–Crippen MR) is 69.8 cm³/mol. The summed E-state index contributed by atoms with van der Waals surface area (Å²) in [5.74, 6) is 0.405. The van der Waals surface area contributed by atoms with Crippen LogP contribution in [0.25, 0.3) is 0 Å². The second-order valence-electron chi connectivity index (χ2n) is 4.31. The van der Waals surface area contributed by atoms with Crippen LogP contribution >= 0.6 is 0 Å². The maximum atomic E-state index is 12.3. The molecule has 0 aliphatic rings. The van der Waals surface area contributed by atoms with Gasteiger partial charge in [0.25, 0.3) is 5.91 Å². The second-order valence-corrected chi connectivity index (χ2v) is 4.31. The van der Waals surface area contributed by atoms with Gasteiger partial charge in [-0.1, -0.05) is 13.8 Å². The molecule has 1 aromatic heterocycles. The predicted octanol–water partition coefficient (Wildman–Crippen LogP) is 2.23. The molecule has 0 unspecified atom stereocenters. The van der Waals surface area contributed by atoms with Crippen molar-refractivity contribution in [1.29, 1.82) is 0 Å². The number of hydrogen-bond donors (Lipinski definition) is 1. The quantitative estimate of drug-likeness (QED) is 0.870. The fourth-order valence-electron chi connectivity index (χ4n) is 2.02. The Labute approximate surface area is 103 Å². The van der Waals surface area contributed by atoms with Gasteiger partial charge in [0.2, 0.25) is 0 Å². The van der Waals surface area contributed by atoms with E-state index in [-0.39, 0.29) is 11.9 Å². The molecule has 0 radical (unpaired) electrons. The minimum atomic E-state index is 0.0101. The highest BCUT2D eigenvalue weighted by atomic mass is 16.2. The van der Waals surface area contributed by atoms with Crippen LogP contribution in [0.4, 0.5) is 5.82 Å². The minimum absolute atomic E-state index is 0.0101. The summed E-state index contributed by atoms with van der Waals surface area (Å²) in [6, 6.07) is 3.68. The number of amides is 1. The molecule has 0 saturated heterocycles. The van der Waals surface area contributed by atoms with Crippen molar-refractivity contribution in [3.63, 3.8) is 0 Å². The van der Waals surface area contributed by atoms with E-state index >= 15 is 0 Å². The summed E-state index contributed by atoms with van der Waals surface area (Å²) in [6.45, 7) is 6.01. The van der Waals surface area contributed by atoms with Crippen LogP contribution in [-0.2, 0) is 0 Å². The van der Waals surface area contributed by atoms with Gasteiger partial charge in [-0.25, -0.2) is 4.98 Å². The van der Waals surface area contributed by atoms with Crippen LogP contribution in [0.2, 0.25) is 0 Å². The molecule has 94 valence electrons. The summed E-state index contributed by atoms with van der Waals surface area (Å²) in [4.78, 5) is 18.1. The summed E-state index contributed by atoms with van der Waals surface area (Å²) in [5, 5.41) is 0. The Morgan fingerprint density at radius 2 is 2.00 bits per heavy atom. The number of aryl methyl sites for hydroxylation is 1. The van der Waals surface area contributed by atoms with Crippen LogP contribution < -0.4 is 5.73 Å². The molecule has 1 amide bonds. The molecule has 0 fully saturated rings. The van der Waals surface area contributed by atoms with E-state index in [1.165, 1.54) is 0 Å². The van der Waals surface area contributed by atoms with E-state index in [9.17, 15) is 4.79 Å². The first-order valence-corrected chi connectivity index (χ1v) is 6.00. The van der Waals surface area contributed by atoms with Crippen LogP contribution in [0.1, 0.15) is 42.7 Å². The number of nitrogens with zero attached hydrogens (tertiary/aromatic N) is 2. The third-order valence-electron chi connectivity index (χ3n) is 3.03. The fourth-order valence-corrected chi connectivity index (χ4v) is 2.02. The second kappa shape index (κ2) is 5.66. The smallest absolute Gasteiger partial charge is 0.254 e. The lowest BCUT2D eigenvalue weighted by Crippen LogP contribution is -2.36.